The van der Waals surface area contributed by atoms with Crippen molar-refractivity contribution in [1.82, 2.24) is 0 Å². The molecule has 0 heterocycles. The van der Waals surface area contributed by atoms with Crippen LogP contribution in [0.2, 0.25) is 0 Å². The van der Waals surface area contributed by atoms with Gasteiger partial charge in [-0.2, -0.15) is 0 Å². The largest absolute Gasteiger partial charge is 0.494 e. The summed E-state index contributed by atoms with van der Waals surface area (Å²) in [5, 5.41) is 0. The summed E-state index contributed by atoms with van der Waals surface area (Å²) in [4.78, 5) is 11.1. The minimum absolute atomic E-state index is 0.180. The number of amides is 1. The molecule has 0 bridgehead atoms. The summed E-state index contributed by atoms with van der Waals surface area (Å²) < 4.78 is 15.7. The van der Waals surface area contributed by atoms with Crippen molar-refractivity contribution in [2.45, 2.75) is 5.72 Å². The molecule has 6 N–H and O–H groups in total. The van der Waals surface area contributed by atoms with Gasteiger partial charge in [-0.05, 0) is 12.1 Å². The monoisotopic (exact) mass is 371 g/mol. The molecule has 7 heteroatoms. The Morgan fingerprint density at radius 1 is 0.889 bits per heavy atom. The first-order valence-corrected chi connectivity index (χ1v) is 8.16. The predicted octanol–water partition coefficient (Wildman–Crippen LogP) is 2.51. The molecular formula is C20H25N3O4. The Bertz CT molecular complexity index is 689. The minimum atomic E-state index is -1.58. The molecule has 7 nitrogen and oxygen atoms in total. The number of ether oxygens (including phenoxy) is 3. The average molecular weight is 371 g/mol. The van der Waals surface area contributed by atoms with Gasteiger partial charge in [0.05, 0.1) is 6.26 Å². The van der Waals surface area contributed by atoms with Gasteiger partial charge in [-0.15, -0.1) is 0 Å². The van der Waals surface area contributed by atoms with Gasteiger partial charge in [-0.1, -0.05) is 66.7 Å². The number of carbonyl (C=O) groups excluding carboxylic acids is 1. The molecule has 1 atom stereocenters. The zero-order chi connectivity index (χ0) is 19.8. The van der Waals surface area contributed by atoms with E-state index in [9.17, 15) is 4.79 Å². The van der Waals surface area contributed by atoms with Crippen molar-refractivity contribution in [2.75, 3.05) is 13.2 Å². The van der Waals surface area contributed by atoms with Crippen molar-refractivity contribution < 1.29 is 19.0 Å². The lowest BCUT2D eigenvalue weighted by molar-refractivity contribution is -0.0538. The van der Waals surface area contributed by atoms with Crippen LogP contribution < -0.4 is 21.9 Å². The van der Waals surface area contributed by atoms with Crippen molar-refractivity contribution >= 4 is 6.09 Å². The van der Waals surface area contributed by atoms with Crippen LogP contribution in [-0.4, -0.2) is 25.0 Å². The Kier molecular flexibility index (Phi) is 10.3. The van der Waals surface area contributed by atoms with E-state index in [1.165, 1.54) is 12.5 Å². The molecule has 0 aromatic heterocycles. The van der Waals surface area contributed by atoms with Crippen LogP contribution in [0.4, 0.5) is 4.79 Å². The lowest BCUT2D eigenvalue weighted by Gasteiger charge is -2.27. The Morgan fingerprint density at radius 2 is 1.37 bits per heavy atom. The quantitative estimate of drug-likeness (QED) is 0.500. The standard InChI is InChI=1S/C20H25N3O4/c21-14-15-25-16-20(23,27-19(22)24)17-26-18-12-10-8-6-4-2-1-3-5-7-9-11-13-18/h1-15H,16-17,21,23H2,(H2,22,24)/b2-1?,3-1?,4-2?,5-3?,6-4?,7-5?,8-6?,9-7?,10-8?,11-9?,12-10?,13-11?,15-14-,18-12?,18-13?. The van der Waals surface area contributed by atoms with Crippen LogP contribution in [0, 0.1) is 0 Å². The molecule has 144 valence electrons. The van der Waals surface area contributed by atoms with Gasteiger partial charge in [0.2, 0.25) is 5.72 Å². The maximum absolute atomic E-state index is 11.1. The van der Waals surface area contributed by atoms with Crippen LogP contribution in [-0.2, 0) is 9.47 Å². The van der Waals surface area contributed by atoms with Crippen LogP contribution in [0.3, 0.4) is 0 Å². The number of primary amides is 1. The van der Waals surface area contributed by atoms with E-state index in [1.807, 2.05) is 54.6 Å². The second kappa shape index (κ2) is 12.8. The molecule has 0 radical (unpaired) electrons. The first-order valence-electron chi connectivity index (χ1n) is 8.16. The van der Waals surface area contributed by atoms with E-state index in [2.05, 4.69) is 0 Å². The van der Waals surface area contributed by atoms with Crippen LogP contribution in [0.5, 0.6) is 5.75 Å². The van der Waals surface area contributed by atoms with E-state index in [0.717, 1.165) is 0 Å². The Morgan fingerprint density at radius 3 is 1.81 bits per heavy atom. The second-order valence-corrected chi connectivity index (χ2v) is 5.27. The van der Waals surface area contributed by atoms with Gasteiger partial charge in [0, 0.05) is 6.20 Å². The van der Waals surface area contributed by atoms with E-state index in [-0.39, 0.29) is 13.2 Å². The highest BCUT2D eigenvalue weighted by Gasteiger charge is 2.31. The van der Waals surface area contributed by atoms with Gasteiger partial charge in [0.15, 0.2) is 0 Å². The molecule has 0 aliphatic carbocycles. The molecular weight excluding hydrogens is 346 g/mol. The first-order chi connectivity index (χ1) is 13.1. The molecule has 0 saturated carbocycles. The van der Waals surface area contributed by atoms with Crippen molar-refractivity contribution in [3.63, 3.8) is 0 Å². The number of hydrogen-bond donors (Lipinski definition) is 3. The maximum Gasteiger partial charge on any atom is 0.406 e. The van der Waals surface area contributed by atoms with Crippen LogP contribution in [0.25, 0.3) is 0 Å². The third-order valence-electron chi connectivity index (χ3n) is 2.92. The topological polar surface area (TPSA) is 123 Å². The molecule has 1 amide bonds. The second-order valence-electron chi connectivity index (χ2n) is 5.27. The fourth-order valence-electron chi connectivity index (χ4n) is 1.78. The summed E-state index contributed by atoms with van der Waals surface area (Å²) in [5.41, 5.74) is 14.7. The van der Waals surface area contributed by atoms with Gasteiger partial charge in [0.25, 0.3) is 0 Å². The summed E-state index contributed by atoms with van der Waals surface area (Å²) in [6.07, 6.45) is 1.36. The molecule has 1 rings (SSSR count). The Hall–Kier alpha value is -3.45. The Labute approximate surface area is 159 Å². The summed E-state index contributed by atoms with van der Waals surface area (Å²) in [6.45, 7) is -0.364. The fourth-order valence-corrected chi connectivity index (χ4v) is 1.78. The van der Waals surface area contributed by atoms with Crippen LogP contribution in [0.1, 0.15) is 0 Å². The van der Waals surface area contributed by atoms with Crippen LogP contribution in [0.15, 0.2) is 91.3 Å². The number of carbonyl (C=O) groups is 1. The first kappa shape index (κ1) is 21.6. The Balaban J connectivity index is 3.00. The molecule has 1 unspecified atom stereocenters. The number of nitrogens with two attached hydrogens (primary N) is 3. The van der Waals surface area contributed by atoms with Crippen molar-refractivity contribution in [3.05, 3.63) is 91.3 Å². The van der Waals surface area contributed by atoms with Gasteiger partial charge >= 0.3 is 6.09 Å². The highest BCUT2D eigenvalue weighted by Crippen LogP contribution is 2.11. The lowest BCUT2D eigenvalue weighted by Crippen LogP contribution is -2.54. The molecule has 1 aromatic carbocycles. The SMILES string of the molecule is N/C=C\OCC(N)(COc1ccccccccccccc1)OC(N)=O. The molecule has 27 heavy (non-hydrogen) atoms. The van der Waals surface area contributed by atoms with Gasteiger partial charge in [-0.3, -0.25) is 5.73 Å². The van der Waals surface area contributed by atoms with E-state index in [4.69, 9.17) is 31.4 Å². The van der Waals surface area contributed by atoms with Gasteiger partial charge < -0.3 is 25.7 Å². The minimum Gasteiger partial charge on any atom is -0.494 e. The molecule has 0 spiro atoms. The van der Waals surface area contributed by atoms with E-state index in [1.54, 1.807) is 24.3 Å². The van der Waals surface area contributed by atoms with Gasteiger partial charge in [-0.25, -0.2) is 4.79 Å². The predicted molar refractivity (Wildman–Crippen MR) is 104 cm³/mol. The average Bonchev–Trinajstić information content (AvgIpc) is 2.62. The summed E-state index contributed by atoms with van der Waals surface area (Å²) in [7, 11) is 0. The van der Waals surface area contributed by atoms with Gasteiger partial charge in [0.1, 0.15) is 19.0 Å². The maximum atomic E-state index is 11.1. The van der Waals surface area contributed by atoms with Crippen LogP contribution >= 0.6 is 0 Å². The lowest BCUT2D eigenvalue weighted by atomic mass is 10.3. The molecule has 0 saturated heterocycles. The van der Waals surface area contributed by atoms with E-state index >= 15 is 0 Å². The smallest absolute Gasteiger partial charge is 0.406 e. The normalized spacial score (nSPS) is 12.0. The number of hydrogen-bond acceptors (Lipinski definition) is 6. The molecule has 0 aliphatic rings. The van der Waals surface area contributed by atoms with Crippen molar-refractivity contribution in [1.29, 1.82) is 0 Å². The third-order valence-corrected chi connectivity index (χ3v) is 2.92. The van der Waals surface area contributed by atoms with E-state index < -0.39 is 11.8 Å². The number of rotatable bonds is 7. The van der Waals surface area contributed by atoms with Crippen molar-refractivity contribution in [2.24, 2.45) is 17.2 Å². The highest BCUT2D eigenvalue weighted by molar-refractivity contribution is 5.65. The summed E-state index contributed by atoms with van der Waals surface area (Å²) >= 11 is 0. The summed E-state index contributed by atoms with van der Waals surface area (Å²) in [5.74, 6) is 0.498. The molecule has 0 aliphatic heterocycles. The van der Waals surface area contributed by atoms with Crippen molar-refractivity contribution in [3.8, 4) is 5.75 Å². The van der Waals surface area contributed by atoms with E-state index in [0.29, 0.717) is 5.75 Å². The zero-order valence-corrected chi connectivity index (χ0v) is 14.9. The molecule has 0 fully saturated rings. The highest BCUT2D eigenvalue weighted by atomic mass is 16.6. The fraction of sp³-hybridized carbons (Fsp3) is 0.150. The summed E-state index contributed by atoms with van der Waals surface area (Å²) in [6, 6.07) is 24.1. The zero-order valence-electron chi connectivity index (χ0n) is 14.9. The third kappa shape index (κ3) is 10.9. The molecule has 1 aromatic rings.